The van der Waals surface area contributed by atoms with Crippen molar-refractivity contribution in [2.24, 2.45) is 0 Å². The summed E-state index contributed by atoms with van der Waals surface area (Å²) in [7, 11) is 0. The molecule has 20 heavy (non-hydrogen) atoms. The third-order valence-electron chi connectivity index (χ3n) is 3.36. The average Bonchev–Trinajstić information content (AvgIpc) is 2.97. The van der Waals surface area contributed by atoms with Crippen LogP contribution >= 0.6 is 0 Å². The van der Waals surface area contributed by atoms with Crippen molar-refractivity contribution in [3.63, 3.8) is 0 Å². The molecule has 1 aliphatic carbocycles. The summed E-state index contributed by atoms with van der Waals surface area (Å²) in [4.78, 5) is 15.9. The second-order valence-corrected chi connectivity index (χ2v) is 4.86. The van der Waals surface area contributed by atoms with Gasteiger partial charge in [0.2, 0.25) is 0 Å². The number of amides is 1. The van der Waals surface area contributed by atoms with Gasteiger partial charge in [0.05, 0.1) is 0 Å². The van der Waals surface area contributed by atoms with Gasteiger partial charge in [-0.3, -0.25) is 9.78 Å². The zero-order chi connectivity index (χ0) is 14.2. The molecule has 1 fully saturated rings. The predicted molar refractivity (Wildman–Crippen MR) is 75.2 cm³/mol. The molecule has 1 aromatic rings. The Morgan fingerprint density at radius 2 is 2.10 bits per heavy atom. The van der Waals surface area contributed by atoms with Crippen LogP contribution in [0.1, 0.15) is 31.2 Å². The maximum Gasteiger partial charge on any atom is 0.263 e. The summed E-state index contributed by atoms with van der Waals surface area (Å²) < 4.78 is 0. The first-order valence-corrected chi connectivity index (χ1v) is 6.83. The van der Waals surface area contributed by atoms with Crippen LogP contribution in [0, 0.1) is 11.3 Å². The number of nitriles is 1. The first kappa shape index (κ1) is 14.1. The SMILES string of the molecule is N#C/C(=C/NCc1ccncc1)C(=O)NC1CCCC1. The van der Waals surface area contributed by atoms with E-state index >= 15 is 0 Å². The molecule has 5 nitrogen and oxygen atoms in total. The van der Waals surface area contributed by atoms with E-state index in [1.807, 2.05) is 18.2 Å². The molecule has 0 atom stereocenters. The average molecular weight is 270 g/mol. The fraction of sp³-hybridized carbons (Fsp3) is 0.400. The van der Waals surface area contributed by atoms with Gasteiger partial charge in [-0.2, -0.15) is 5.26 Å². The third kappa shape index (κ3) is 4.09. The highest BCUT2D eigenvalue weighted by Gasteiger charge is 2.18. The Bertz CT molecular complexity index is 512. The number of hydrogen-bond donors (Lipinski definition) is 2. The minimum absolute atomic E-state index is 0.117. The zero-order valence-corrected chi connectivity index (χ0v) is 11.3. The van der Waals surface area contributed by atoms with Gasteiger partial charge in [-0.05, 0) is 30.5 Å². The normalized spacial score (nSPS) is 15.7. The fourth-order valence-corrected chi connectivity index (χ4v) is 2.25. The molecule has 2 N–H and O–H groups in total. The van der Waals surface area contributed by atoms with Gasteiger partial charge < -0.3 is 10.6 Å². The predicted octanol–water partition coefficient (Wildman–Crippen LogP) is 1.64. The van der Waals surface area contributed by atoms with Gasteiger partial charge in [0.25, 0.3) is 5.91 Å². The van der Waals surface area contributed by atoms with Crippen LogP contribution in [0.3, 0.4) is 0 Å². The number of nitrogens with zero attached hydrogens (tertiary/aromatic N) is 2. The van der Waals surface area contributed by atoms with Gasteiger partial charge in [0, 0.05) is 31.2 Å². The second-order valence-electron chi connectivity index (χ2n) is 4.86. The maximum atomic E-state index is 11.9. The van der Waals surface area contributed by atoms with Crippen LogP contribution in [0.15, 0.2) is 36.3 Å². The Balaban J connectivity index is 1.85. The number of carbonyl (C=O) groups is 1. The molecule has 0 radical (unpaired) electrons. The Labute approximate surface area is 118 Å². The molecule has 0 saturated heterocycles. The largest absolute Gasteiger partial charge is 0.386 e. The molecule has 0 spiro atoms. The van der Waals surface area contributed by atoms with E-state index in [1.165, 1.54) is 6.20 Å². The van der Waals surface area contributed by atoms with Crippen molar-refractivity contribution < 1.29 is 4.79 Å². The fourth-order valence-electron chi connectivity index (χ4n) is 2.25. The molecule has 1 saturated carbocycles. The number of hydrogen-bond acceptors (Lipinski definition) is 4. The van der Waals surface area contributed by atoms with Gasteiger partial charge in [0.1, 0.15) is 11.6 Å². The van der Waals surface area contributed by atoms with Crippen molar-refractivity contribution in [3.05, 3.63) is 41.9 Å². The molecule has 5 heteroatoms. The molecular weight excluding hydrogens is 252 g/mol. The highest BCUT2D eigenvalue weighted by molar-refractivity contribution is 5.97. The number of rotatable bonds is 5. The van der Waals surface area contributed by atoms with E-state index in [-0.39, 0.29) is 17.5 Å². The van der Waals surface area contributed by atoms with Crippen LogP contribution in [-0.2, 0) is 11.3 Å². The second kappa shape index (κ2) is 7.29. The van der Waals surface area contributed by atoms with Crippen molar-refractivity contribution in [3.8, 4) is 6.07 Å². The van der Waals surface area contributed by atoms with E-state index in [0.29, 0.717) is 6.54 Å². The molecular formula is C15H18N4O. The number of aromatic nitrogens is 1. The van der Waals surface area contributed by atoms with Gasteiger partial charge >= 0.3 is 0 Å². The van der Waals surface area contributed by atoms with Crippen molar-refractivity contribution in [2.45, 2.75) is 38.3 Å². The van der Waals surface area contributed by atoms with Crippen molar-refractivity contribution in [2.75, 3.05) is 0 Å². The van der Waals surface area contributed by atoms with Crippen LogP contribution in [-0.4, -0.2) is 16.9 Å². The standard InChI is InChI=1S/C15H18N4O/c16-9-13(15(20)19-14-3-1-2-4-14)11-18-10-12-5-7-17-8-6-12/h5-8,11,14,18H,1-4,10H2,(H,19,20)/b13-11-. The summed E-state index contributed by atoms with van der Waals surface area (Å²) in [5.74, 6) is -0.290. The minimum Gasteiger partial charge on any atom is -0.386 e. The van der Waals surface area contributed by atoms with Gasteiger partial charge in [-0.15, -0.1) is 0 Å². The quantitative estimate of drug-likeness (QED) is 0.630. The summed E-state index contributed by atoms with van der Waals surface area (Å²) >= 11 is 0. The number of carbonyl (C=O) groups excluding carboxylic acids is 1. The lowest BCUT2D eigenvalue weighted by atomic mass is 10.2. The van der Waals surface area contributed by atoms with Crippen LogP contribution < -0.4 is 10.6 Å². The van der Waals surface area contributed by atoms with E-state index in [2.05, 4.69) is 15.6 Å². The molecule has 0 unspecified atom stereocenters. The van der Waals surface area contributed by atoms with Crippen LogP contribution in [0.25, 0.3) is 0 Å². The monoisotopic (exact) mass is 270 g/mol. The summed E-state index contributed by atoms with van der Waals surface area (Å²) in [5.41, 5.74) is 1.16. The van der Waals surface area contributed by atoms with E-state index in [9.17, 15) is 4.79 Å². The lowest BCUT2D eigenvalue weighted by molar-refractivity contribution is -0.117. The van der Waals surface area contributed by atoms with E-state index < -0.39 is 0 Å². The highest BCUT2D eigenvalue weighted by atomic mass is 16.1. The van der Waals surface area contributed by atoms with Crippen molar-refractivity contribution in [1.29, 1.82) is 5.26 Å². The van der Waals surface area contributed by atoms with Gasteiger partial charge in [0.15, 0.2) is 0 Å². The smallest absolute Gasteiger partial charge is 0.263 e. The van der Waals surface area contributed by atoms with Crippen LogP contribution in [0.2, 0.25) is 0 Å². The lowest BCUT2D eigenvalue weighted by Gasteiger charge is -2.11. The Morgan fingerprint density at radius 1 is 1.40 bits per heavy atom. The lowest BCUT2D eigenvalue weighted by Crippen LogP contribution is -2.33. The van der Waals surface area contributed by atoms with Crippen LogP contribution in [0.4, 0.5) is 0 Å². The van der Waals surface area contributed by atoms with Crippen molar-refractivity contribution in [1.82, 2.24) is 15.6 Å². The summed E-state index contributed by atoms with van der Waals surface area (Å²) in [5, 5.41) is 14.9. The van der Waals surface area contributed by atoms with Gasteiger partial charge in [-0.1, -0.05) is 12.8 Å². The summed E-state index contributed by atoms with van der Waals surface area (Å²) in [6, 6.07) is 5.92. The molecule has 0 aromatic carbocycles. The molecule has 1 amide bonds. The minimum atomic E-state index is -0.290. The maximum absolute atomic E-state index is 11.9. The number of pyridine rings is 1. The number of nitrogens with one attached hydrogen (secondary N) is 2. The Hall–Kier alpha value is -2.35. The molecule has 1 heterocycles. The molecule has 1 aliphatic rings. The van der Waals surface area contributed by atoms with E-state index in [0.717, 1.165) is 31.2 Å². The first-order valence-electron chi connectivity index (χ1n) is 6.83. The Morgan fingerprint density at radius 3 is 2.75 bits per heavy atom. The summed E-state index contributed by atoms with van der Waals surface area (Å²) in [6.45, 7) is 0.560. The Kier molecular flexibility index (Phi) is 5.13. The molecule has 0 aliphatic heterocycles. The van der Waals surface area contributed by atoms with Crippen molar-refractivity contribution >= 4 is 5.91 Å². The zero-order valence-electron chi connectivity index (χ0n) is 11.3. The molecule has 0 bridgehead atoms. The molecule has 1 aromatic heterocycles. The first-order chi connectivity index (χ1) is 9.79. The third-order valence-corrected chi connectivity index (χ3v) is 3.36. The topological polar surface area (TPSA) is 77.8 Å². The van der Waals surface area contributed by atoms with E-state index in [1.54, 1.807) is 12.4 Å². The van der Waals surface area contributed by atoms with E-state index in [4.69, 9.17) is 5.26 Å². The van der Waals surface area contributed by atoms with Crippen LogP contribution in [0.5, 0.6) is 0 Å². The molecule has 104 valence electrons. The summed E-state index contributed by atoms with van der Waals surface area (Å²) in [6.07, 6.45) is 9.21. The highest BCUT2D eigenvalue weighted by Crippen LogP contribution is 2.17. The van der Waals surface area contributed by atoms with Gasteiger partial charge in [-0.25, -0.2) is 0 Å². The molecule has 2 rings (SSSR count).